The van der Waals surface area contributed by atoms with Crippen LogP contribution in [0.2, 0.25) is 63.9 Å². The van der Waals surface area contributed by atoms with E-state index in [2.05, 4.69) is 77.1 Å². The van der Waals surface area contributed by atoms with E-state index in [1.165, 1.54) is 0 Å². The molecule has 0 radical (unpaired) electrons. The number of ether oxygens (including phenoxy) is 4. The Morgan fingerprint density at radius 3 is 2.06 bits per heavy atom. The average molecular weight is 722 g/mol. The van der Waals surface area contributed by atoms with Crippen LogP contribution in [0.4, 0.5) is 0 Å². The molecule has 2 aliphatic heterocycles. The van der Waals surface area contributed by atoms with Gasteiger partial charge in [0.2, 0.25) is 5.79 Å². The van der Waals surface area contributed by atoms with E-state index in [9.17, 15) is 4.79 Å². The molecule has 3 aliphatic rings. The van der Waals surface area contributed by atoms with Crippen molar-refractivity contribution in [2.45, 2.75) is 115 Å². The molecule has 47 heavy (non-hydrogen) atoms. The van der Waals surface area contributed by atoms with Gasteiger partial charge in [-0.15, -0.1) is 0 Å². The number of rotatable bonds is 14. The molecule has 0 aromatic heterocycles. The summed E-state index contributed by atoms with van der Waals surface area (Å²) >= 11 is 6.84. The molecule has 5 rings (SSSR count). The minimum atomic E-state index is -2.23. The van der Waals surface area contributed by atoms with Crippen molar-refractivity contribution in [3.05, 3.63) is 64.2 Å². The van der Waals surface area contributed by atoms with Crippen molar-refractivity contribution in [2.75, 3.05) is 19.8 Å². The second-order valence-corrected chi connectivity index (χ2v) is 29.8. The molecule has 2 aromatic rings. The second-order valence-electron chi connectivity index (χ2n) is 16.1. The number of hydrogen-bond donors (Lipinski definition) is 0. The van der Waals surface area contributed by atoms with Crippen molar-refractivity contribution in [3.8, 4) is 5.75 Å². The number of esters is 1. The quantitative estimate of drug-likeness (QED) is 0.144. The Hall–Kier alpha value is -1.55. The summed E-state index contributed by atoms with van der Waals surface area (Å²) in [5.74, 6) is -0.747. The van der Waals surface area contributed by atoms with E-state index < -0.39 is 54.7 Å². The summed E-state index contributed by atoms with van der Waals surface area (Å²) in [4.78, 5) is 12.9. The van der Waals surface area contributed by atoms with Crippen LogP contribution in [-0.2, 0) is 44.5 Å². The summed E-state index contributed by atoms with van der Waals surface area (Å²) in [6.07, 6.45) is 0.585. The zero-order valence-electron chi connectivity index (χ0n) is 29.7. The van der Waals surface area contributed by atoms with Crippen molar-refractivity contribution in [2.24, 2.45) is 5.92 Å². The first-order chi connectivity index (χ1) is 21.8. The van der Waals surface area contributed by atoms with Crippen LogP contribution in [0.5, 0.6) is 5.75 Å². The zero-order chi connectivity index (χ0) is 34.4. The van der Waals surface area contributed by atoms with E-state index in [0.29, 0.717) is 18.1 Å². The molecule has 2 heterocycles. The summed E-state index contributed by atoms with van der Waals surface area (Å²) in [6, 6.07) is 14.0. The summed E-state index contributed by atoms with van der Waals surface area (Å²) in [5, 5.41) is 0.648. The summed E-state index contributed by atoms with van der Waals surface area (Å²) in [5.41, 5.74) is 1.73. The first-order valence-corrected chi connectivity index (χ1v) is 27.5. The summed E-state index contributed by atoms with van der Waals surface area (Å²) in [6.45, 7) is 22.2. The van der Waals surface area contributed by atoms with Crippen LogP contribution in [-0.4, -0.2) is 74.7 Å². The molecule has 1 saturated carbocycles. The fourth-order valence-corrected chi connectivity index (χ4v) is 9.67. The van der Waals surface area contributed by atoms with E-state index in [1.54, 1.807) is 0 Å². The number of carbonyl (C=O) groups excluding carboxylic acids is 1. The standard InChI is InChI=1S/C35H53ClO8Si3/c1-11-38-28-17-12-24(13-18-28)20-26-21-27(16-19-29(26)36)35-32(43-47(8,9)10)30(41-45(2,3)4)31(42-46(5,6)7)34(44-35,23-40-35)22-39-33(37)25-14-15-25/h12-13,16-19,21,25,30-32H,11,14-15,20,22-23H2,1-10H3/t30-,31-,32+,34-,35-/m0/s1. The molecule has 0 spiro atoms. The molecule has 2 bridgehead atoms. The monoisotopic (exact) mass is 720 g/mol. The van der Waals surface area contributed by atoms with E-state index in [4.69, 9.17) is 43.8 Å². The Kier molecular flexibility index (Phi) is 10.7. The van der Waals surface area contributed by atoms with Crippen molar-refractivity contribution in [3.63, 3.8) is 0 Å². The number of hydrogen-bond acceptors (Lipinski definition) is 8. The van der Waals surface area contributed by atoms with E-state index in [1.807, 2.05) is 31.2 Å². The number of carbonyl (C=O) groups is 1. The van der Waals surface area contributed by atoms with Crippen molar-refractivity contribution in [1.82, 2.24) is 0 Å². The normalized spacial score (nSPS) is 27.9. The topological polar surface area (TPSA) is 81.7 Å². The third kappa shape index (κ3) is 8.79. The van der Waals surface area contributed by atoms with E-state index in [-0.39, 0.29) is 25.1 Å². The predicted octanol–water partition coefficient (Wildman–Crippen LogP) is 7.90. The van der Waals surface area contributed by atoms with Gasteiger partial charge in [0.25, 0.3) is 0 Å². The molecular weight excluding hydrogens is 668 g/mol. The molecule has 5 atom stereocenters. The summed E-state index contributed by atoms with van der Waals surface area (Å²) < 4.78 is 46.9. The van der Waals surface area contributed by atoms with Gasteiger partial charge in [-0.05, 0) is 121 Å². The van der Waals surface area contributed by atoms with Gasteiger partial charge in [0.05, 0.1) is 19.1 Å². The SMILES string of the molecule is CCOc1ccc(Cc2cc([C@]34OC[C@](COC(=O)C5CC5)(O3)[C@@H](O[Si](C)(C)C)[C@H](O[Si](C)(C)C)[C@H]4O[Si](C)(C)C)ccc2Cl)cc1. The maximum Gasteiger partial charge on any atom is 0.309 e. The first kappa shape index (κ1) is 36.7. The average Bonchev–Trinajstić information content (AvgIpc) is 3.75. The second kappa shape index (κ2) is 13.6. The van der Waals surface area contributed by atoms with E-state index in [0.717, 1.165) is 35.3 Å². The molecule has 0 amide bonds. The minimum absolute atomic E-state index is 0.0110. The number of benzene rings is 2. The highest BCUT2D eigenvalue weighted by atomic mass is 35.5. The first-order valence-electron chi connectivity index (χ1n) is 16.9. The van der Waals surface area contributed by atoms with Gasteiger partial charge in [-0.1, -0.05) is 29.8 Å². The largest absolute Gasteiger partial charge is 0.494 e. The number of fused-ring (bicyclic) bond motifs is 2. The van der Waals surface area contributed by atoms with Crippen LogP contribution in [0, 0.1) is 5.92 Å². The highest BCUT2D eigenvalue weighted by Crippen LogP contribution is 2.54. The lowest BCUT2D eigenvalue weighted by Gasteiger charge is -2.54. The maximum atomic E-state index is 12.9. The zero-order valence-corrected chi connectivity index (χ0v) is 33.5. The lowest BCUT2D eigenvalue weighted by molar-refractivity contribution is -0.320. The van der Waals surface area contributed by atoms with Gasteiger partial charge >= 0.3 is 5.97 Å². The molecule has 2 saturated heterocycles. The minimum Gasteiger partial charge on any atom is -0.494 e. The molecule has 0 unspecified atom stereocenters. The Bertz CT molecular complexity index is 1420. The van der Waals surface area contributed by atoms with Gasteiger partial charge in [-0.3, -0.25) is 4.79 Å². The van der Waals surface area contributed by atoms with Crippen LogP contribution < -0.4 is 4.74 Å². The van der Waals surface area contributed by atoms with Gasteiger partial charge in [-0.25, -0.2) is 0 Å². The van der Waals surface area contributed by atoms with E-state index >= 15 is 0 Å². The smallest absolute Gasteiger partial charge is 0.309 e. The Morgan fingerprint density at radius 1 is 0.872 bits per heavy atom. The highest BCUT2D eigenvalue weighted by molar-refractivity contribution is 6.70. The molecular formula is C35H53ClO8Si3. The lowest BCUT2D eigenvalue weighted by atomic mass is 9.83. The van der Waals surface area contributed by atoms with Crippen LogP contribution in [0.15, 0.2) is 42.5 Å². The van der Waals surface area contributed by atoms with Gasteiger partial charge in [0.15, 0.2) is 30.6 Å². The molecule has 3 fully saturated rings. The van der Waals surface area contributed by atoms with Crippen LogP contribution in [0.25, 0.3) is 0 Å². The van der Waals surface area contributed by atoms with Crippen molar-refractivity contribution in [1.29, 1.82) is 0 Å². The van der Waals surface area contributed by atoms with Crippen LogP contribution in [0.1, 0.15) is 36.5 Å². The molecule has 0 N–H and O–H groups in total. The lowest BCUT2D eigenvalue weighted by Crippen LogP contribution is -2.71. The Morgan fingerprint density at radius 2 is 1.49 bits per heavy atom. The van der Waals surface area contributed by atoms with Gasteiger partial charge in [-0.2, -0.15) is 0 Å². The predicted molar refractivity (Wildman–Crippen MR) is 192 cm³/mol. The van der Waals surface area contributed by atoms with Crippen molar-refractivity contribution < 1.29 is 37.0 Å². The van der Waals surface area contributed by atoms with Crippen molar-refractivity contribution >= 4 is 42.5 Å². The Balaban J connectivity index is 1.62. The molecule has 8 nitrogen and oxygen atoms in total. The Labute approximate surface area is 289 Å². The third-order valence-electron chi connectivity index (χ3n) is 8.27. The third-order valence-corrected chi connectivity index (χ3v) is 11.5. The van der Waals surface area contributed by atoms with Crippen LogP contribution in [0.3, 0.4) is 0 Å². The highest BCUT2D eigenvalue weighted by Gasteiger charge is 2.70. The number of halogens is 1. The van der Waals surface area contributed by atoms with Gasteiger partial charge in [0.1, 0.15) is 30.7 Å². The maximum absolute atomic E-state index is 12.9. The fourth-order valence-electron chi connectivity index (χ4n) is 6.26. The summed E-state index contributed by atoms with van der Waals surface area (Å²) in [7, 11) is -6.60. The molecule has 12 heteroatoms. The van der Waals surface area contributed by atoms with Gasteiger partial charge in [0, 0.05) is 10.6 Å². The molecule has 1 aliphatic carbocycles. The van der Waals surface area contributed by atoms with Gasteiger partial charge < -0.3 is 32.2 Å². The fraction of sp³-hybridized carbons (Fsp3) is 0.629. The molecule has 2 aromatic carbocycles. The molecule has 260 valence electrons. The van der Waals surface area contributed by atoms with Crippen LogP contribution >= 0.6 is 11.6 Å².